The number of rotatable bonds is 4. The van der Waals surface area contributed by atoms with Gasteiger partial charge < -0.3 is 4.84 Å². The molecule has 1 aromatic heterocycles. The number of oxime groups is 1. The summed E-state index contributed by atoms with van der Waals surface area (Å²) in [5.41, 5.74) is -0.179. The summed E-state index contributed by atoms with van der Waals surface area (Å²) in [6.07, 6.45) is 1.42. The van der Waals surface area contributed by atoms with Crippen molar-refractivity contribution in [3.05, 3.63) is 54.5 Å². The van der Waals surface area contributed by atoms with Crippen LogP contribution in [-0.4, -0.2) is 26.5 Å². The number of aromatic nitrogens is 3. The lowest BCUT2D eigenvalue weighted by Crippen LogP contribution is -2.43. The molecule has 122 valence electrons. The van der Waals surface area contributed by atoms with Crippen molar-refractivity contribution in [3.63, 3.8) is 0 Å². The zero-order chi connectivity index (χ0) is 17.1. The molecule has 0 radical (unpaired) electrons. The summed E-state index contributed by atoms with van der Waals surface area (Å²) in [6, 6.07) is 4.74. The van der Waals surface area contributed by atoms with E-state index in [2.05, 4.69) is 5.16 Å². The number of hydrogen-bond donors (Lipinski definition) is 0. The van der Waals surface area contributed by atoms with Crippen LogP contribution in [0.5, 0.6) is 0 Å². The maximum atomic E-state index is 12.4. The first kappa shape index (κ1) is 17.2. The zero-order valence-electron chi connectivity index (χ0n) is 12.8. The Labute approximate surface area is 142 Å². The van der Waals surface area contributed by atoms with Crippen LogP contribution in [-0.2, 0) is 18.9 Å². The highest BCUT2D eigenvalue weighted by molar-refractivity contribution is 7.71. The fourth-order valence-electron chi connectivity index (χ4n) is 1.93. The number of halogens is 1. The summed E-state index contributed by atoms with van der Waals surface area (Å²) < 4.78 is 3.60. The summed E-state index contributed by atoms with van der Waals surface area (Å²) in [6.45, 7) is 2.22. The predicted octanol–water partition coefficient (Wildman–Crippen LogP) is 1.63. The number of hydrogen-bond acceptors (Lipinski definition) is 5. The average molecular weight is 355 g/mol. The maximum Gasteiger partial charge on any atom is 0.338 e. The van der Waals surface area contributed by atoms with E-state index in [-0.39, 0.29) is 4.77 Å². The van der Waals surface area contributed by atoms with Gasteiger partial charge >= 0.3 is 11.4 Å². The molecule has 0 fully saturated rings. The Kier molecular flexibility index (Phi) is 5.17. The molecule has 0 atom stereocenters. The van der Waals surface area contributed by atoms with Crippen LogP contribution in [0.15, 0.2) is 32.9 Å². The molecule has 0 unspecified atom stereocenters. The third kappa shape index (κ3) is 3.27. The molecule has 1 heterocycles. The van der Waals surface area contributed by atoms with Gasteiger partial charge in [0.15, 0.2) is 4.77 Å². The van der Waals surface area contributed by atoms with E-state index in [0.717, 1.165) is 4.57 Å². The molecule has 0 amide bonds. The molecule has 0 N–H and O–H groups in total. The van der Waals surface area contributed by atoms with Gasteiger partial charge in [0, 0.05) is 24.7 Å². The van der Waals surface area contributed by atoms with E-state index in [0.29, 0.717) is 22.9 Å². The lowest BCUT2D eigenvalue weighted by Gasteiger charge is -2.11. The molecule has 0 aliphatic carbocycles. The minimum Gasteiger partial charge on any atom is -0.396 e. The van der Waals surface area contributed by atoms with Crippen LogP contribution in [0.1, 0.15) is 12.5 Å². The molecule has 0 saturated heterocycles. The van der Waals surface area contributed by atoms with E-state index in [1.54, 1.807) is 25.1 Å². The van der Waals surface area contributed by atoms with E-state index >= 15 is 0 Å². The van der Waals surface area contributed by atoms with Gasteiger partial charge in [0.25, 0.3) is 0 Å². The molecule has 0 aliphatic rings. The predicted molar refractivity (Wildman–Crippen MR) is 91.3 cm³/mol. The number of benzene rings is 1. The Morgan fingerprint density at radius 3 is 2.43 bits per heavy atom. The van der Waals surface area contributed by atoms with E-state index in [1.165, 1.54) is 29.4 Å². The van der Waals surface area contributed by atoms with E-state index in [9.17, 15) is 9.59 Å². The summed E-state index contributed by atoms with van der Waals surface area (Å²) in [7, 11) is 3.02. The first-order valence-electron chi connectivity index (χ1n) is 6.72. The van der Waals surface area contributed by atoms with Crippen molar-refractivity contribution in [2.75, 3.05) is 6.61 Å². The summed E-state index contributed by atoms with van der Waals surface area (Å²) in [5, 5.41) is 4.17. The second-order valence-electron chi connectivity index (χ2n) is 4.66. The maximum absolute atomic E-state index is 12.4. The lowest BCUT2D eigenvalue weighted by atomic mass is 10.2. The van der Waals surface area contributed by atoms with E-state index in [1.807, 2.05) is 0 Å². The fraction of sp³-hybridized carbons (Fsp3) is 0.286. The van der Waals surface area contributed by atoms with E-state index < -0.39 is 11.4 Å². The van der Waals surface area contributed by atoms with Gasteiger partial charge in [-0.2, -0.15) is 0 Å². The summed E-state index contributed by atoms with van der Waals surface area (Å²) in [5.74, 6) is 0. The zero-order valence-corrected chi connectivity index (χ0v) is 14.4. The van der Waals surface area contributed by atoms with Crippen molar-refractivity contribution in [1.29, 1.82) is 0 Å². The highest BCUT2D eigenvalue weighted by Crippen LogP contribution is 2.17. The second kappa shape index (κ2) is 6.93. The molecule has 7 nitrogen and oxygen atoms in total. The molecule has 23 heavy (non-hydrogen) atoms. The van der Waals surface area contributed by atoms with Gasteiger partial charge in [-0.25, -0.2) is 14.2 Å². The van der Waals surface area contributed by atoms with Crippen LogP contribution in [0.4, 0.5) is 0 Å². The normalized spacial score (nSPS) is 11.1. The number of nitrogens with zero attached hydrogens (tertiary/aromatic N) is 4. The smallest absolute Gasteiger partial charge is 0.338 e. The van der Waals surface area contributed by atoms with Crippen molar-refractivity contribution >= 4 is 30.0 Å². The van der Waals surface area contributed by atoms with Gasteiger partial charge in [0.2, 0.25) is 0 Å². The van der Waals surface area contributed by atoms with Crippen molar-refractivity contribution in [2.45, 2.75) is 6.92 Å². The lowest BCUT2D eigenvalue weighted by molar-refractivity contribution is 0.160. The van der Waals surface area contributed by atoms with Crippen LogP contribution in [0.2, 0.25) is 5.02 Å². The van der Waals surface area contributed by atoms with Gasteiger partial charge in [0.1, 0.15) is 6.61 Å². The van der Waals surface area contributed by atoms with Crippen LogP contribution >= 0.6 is 23.8 Å². The SMILES string of the molecule is CCO/N=C\c1cc(-n2c(=O)n(C)c(=S)n(C)c2=O)ccc1Cl. The fourth-order valence-corrected chi connectivity index (χ4v) is 2.25. The second-order valence-corrected chi connectivity index (χ2v) is 5.43. The standard InChI is InChI=1S/C14H15ClN4O3S/c1-4-22-16-8-9-7-10(5-6-11(9)15)19-12(20)17(2)14(23)18(3)13(19)21/h5-8H,4H2,1-3H3/b16-8-. The van der Waals surface area contributed by atoms with Crippen molar-refractivity contribution in [3.8, 4) is 5.69 Å². The van der Waals surface area contributed by atoms with Crippen LogP contribution in [0, 0.1) is 4.77 Å². The highest BCUT2D eigenvalue weighted by atomic mass is 35.5. The Morgan fingerprint density at radius 2 is 1.87 bits per heavy atom. The van der Waals surface area contributed by atoms with E-state index in [4.69, 9.17) is 28.7 Å². The third-order valence-electron chi connectivity index (χ3n) is 3.16. The molecular formula is C14H15ClN4O3S. The molecule has 0 spiro atoms. The van der Waals surface area contributed by atoms with Crippen molar-refractivity contribution in [1.82, 2.24) is 13.7 Å². The Balaban J connectivity index is 2.70. The Hall–Kier alpha value is -2.19. The van der Waals surface area contributed by atoms with Crippen LogP contribution in [0.3, 0.4) is 0 Å². The summed E-state index contributed by atoms with van der Waals surface area (Å²) >= 11 is 11.1. The first-order valence-corrected chi connectivity index (χ1v) is 7.51. The Bertz CT molecular complexity index is 902. The van der Waals surface area contributed by atoms with Crippen LogP contribution < -0.4 is 11.4 Å². The van der Waals surface area contributed by atoms with Gasteiger partial charge in [-0.3, -0.25) is 9.13 Å². The molecule has 2 rings (SSSR count). The monoisotopic (exact) mass is 354 g/mol. The van der Waals surface area contributed by atoms with Crippen molar-refractivity contribution < 1.29 is 4.84 Å². The van der Waals surface area contributed by atoms with Gasteiger partial charge in [-0.15, -0.1) is 0 Å². The topological polar surface area (TPSA) is 70.5 Å². The van der Waals surface area contributed by atoms with Crippen LogP contribution in [0.25, 0.3) is 5.69 Å². The quantitative estimate of drug-likeness (QED) is 0.475. The Morgan fingerprint density at radius 1 is 1.26 bits per heavy atom. The summed E-state index contributed by atoms with van der Waals surface area (Å²) in [4.78, 5) is 29.6. The molecule has 2 aromatic rings. The molecule has 0 saturated carbocycles. The molecule has 0 bridgehead atoms. The van der Waals surface area contributed by atoms with Gasteiger partial charge in [-0.05, 0) is 37.3 Å². The highest BCUT2D eigenvalue weighted by Gasteiger charge is 2.12. The molecule has 1 aromatic carbocycles. The first-order chi connectivity index (χ1) is 10.9. The van der Waals surface area contributed by atoms with Gasteiger partial charge in [0.05, 0.1) is 11.9 Å². The molecular weight excluding hydrogens is 340 g/mol. The average Bonchev–Trinajstić information content (AvgIpc) is 2.54. The molecule has 9 heteroatoms. The minimum absolute atomic E-state index is 0.142. The minimum atomic E-state index is -0.534. The molecule has 0 aliphatic heterocycles. The van der Waals surface area contributed by atoms with Crippen molar-refractivity contribution in [2.24, 2.45) is 19.3 Å². The third-order valence-corrected chi connectivity index (χ3v) is 4.06. The largest absolute Gasteiger partial charge is 0.396 e. The van der Waals surface area contributed by atoms with Gasteiger partial charge in [-0.1, -0.05) is 16.8 Å².